The Bertz CT molecular complexity index is 653. The summed E-state index contributed by atoms with van der Waals surface area (Å²) >= 11 is 5.94. The summed E-state index contributed by atoms with van der Waals surface area (Å²) in [5.74, 6) is 0.467. The molecule has 1 unspecified atom stereocenters. The Kier molecular flexibility index (Phi) is 3.25. The summed E-state index contributed by atoms with van der Waals surface area (Å²) in [5.41, 5.74) is 2.45. The van der Waals surface area contributed by atoms with E-state index in [0.29, 0.717) is 5.82 Å². The first-order chi connectivity index (χ1) is 9.24. The van der Waals surface area contributed by atoms with Crippen LogP contribution in [0.1, 0.15) is 17.5 Å². The van der Waals surface area contributed by atoms with Crippen LogP contribution in [0.25, 0.3) is 0 Å². The van der Waals surface area contributed by atoms with Crippen LogP contribution in [0.2, 0.25) is 5.02 Å². The molecule has 0 amide bonds. The molecule has 3 rings (SSSR count). The highest BCUT2D eigenvalue weighted by Crippen LogP contribution is 2.24. The summed E-state index contributed by atoms with van der Waals surface area (Å²) in [6, 6.07) is 8.71. The van der Waals surface area contributed by atoms with Crippen LogP contribution >= 0.6 is 11.6 Å². The van der Waals surface area contributed by atoms with Crippen LogP contribution < -0.4 is 10.9 Å². The average Bonchev–Trinajstić information content (AvgIpc) is 2.44. The Balaban J connectivity index is 1.79. The third-order valence-electron chi connectivity index (χ3n) is 3.48. The number of aryl methyl sites for hydroxylation is 1. The summed E-state index contributed by atoms with van der Waals surface area (Å²) in [4.78, 5) is 18.0. The number of aromatic amines is 1. The van der Waals surface area contributed by atoms with E-state index in [2.05, 4.69) is 39.6 Å². The number of benzene rings is 1. The zero-order valence-corrected chi connectivity index (χ0v) is 11.1. The van der Waals surface area contributed by atoms with Crippen molar-refractivity contribution in [2.75, 3.05) is 5.32 Å². The maximum absolute atomic E-state index is 11.4. The first kappa shape index (κ1) is 12.2. The summed E-state index contributed by atoms with van der Waals surface area (Å²) in [5, 5.41) is 3.39. The molecule has 1 aliphatic rings. The van der Waals surface area contributed by atoms with Gasteiger partial charge in [-0.15, -0.1) is 0 Å². The van der Waals surface area contributed by atoms with Crippen LogP contribution in [0.15, 0.2) is 35.4 Å². The lowest BCUT2D eigenvalue weighted by atomic mass is 9.88. The lowest BCUT2D eigenvalue weighted by Gasteiger charge is -2.26. The lowest BCUT2D eigenvalue weighted by Crippen LogP contribution is -2.28. The molecule has 2 N–H and O–H groups in total. The minimum atomic E-state index is -0.310. The molecule has 0 radical (unpaired) electrons. The molecule has 1 heterocycles. The van der Waals surface area contributed by atoms with Gasteiger partial charge in [0.15, 0.2) is 5.82 Å². The third-order valence-corrected chi connectivity index (χ3v) is 3.83. The molecule has 1 aromatic carbocycles. The van der Waals surface area contributed by atoms with E-state index >= 15 is 0 Å². The number of H-pyrrole nitrogens is 1. The first-order valence-corrected chi connectivity index (χ1v) is 6.68. The number of rotatable bonds is 2. The van der Waals surface area contributed by atoms with E-state index in [1.54, 1.807) is 0 Å². The number of aromatic nitrogens is 2. The molecule has 19 heavy (non-hydrogen) atoms. The Morgan fingerprint density at radius 2 is 2.11 bits per heavy atom. The summed E-state index contributed by atoms with van der Waals surface area (Å²) in [6.45, 7) is 0. The van der Waals surface area contributed by atoms with E-state index in [9.17, 15) is 4.79 Å². The van der Waals surface area contributed by atoms with Crippen molar-refractivity contribution >= 4 is 17.4 Å². The number of hydrogen-bond donors (Lipinski definition) is 2. The van der Waals surface area contributed by atoms with Gasteiger partial charge in [-0.2, -0.15) is 0 Å². The van der Waals surface area contributed by atoms with Gasteiger partial charge in [0.05, 0.1) is 6.33 Å². The number of fused-ring (bicyclic) bond motifs is 1. The largest absolute Gasteiger partial charge is 0.366 e. The molecule has 1 aromatic heterocycles. The van der Waals surface area contributed by atoms with Gasteiger partial charge in [0.25, 0.3) is 5.56 Å². The van der Waals surface area contributed by atoms with Crippen LogP contribution in [0.5, 0.6) is 0 Å². The highest BCUT2D eigenvalue weighted by atomic mass is 35.5. The van der Waals surface area contributed by atoms with Crippen LogP contribution in [-0.2, 0) is 12.8 Å². The van der Waals surface area contributed by atoms with Gasteiger partial charge in [-0.3, -0.25) is 4.79 Å². The molecule has 0 bridgehead atoms. The standard InChI is InChI=1S/C14H14ClN3O/c15-12-13(16-8-17-14(12)19)18-11-6-5-9-3-1-2-4-10(9)7-11/h1-4,8,11H,5-7H2,(H2,16,17,18,19). The monoisotopic (exact) mass is 275 g/mol. The SMILES string of the molecule is O=c1[nH]cnc(NC2CCc3ccccc3C2)c1Cl. The highest BCUT2D eigenvalue weighted by molar-refractivity contribution is 6.32. The maximum atomic E-state index is 11.4. The van der Waals surface area contributed by atoms with Gasteiger partial charge in [0.2, 0.25) is 0 Å². The molecule has 5 heteroatoms. The molecule has 1 atom stereocenters. The van der Waals surface area contributed by atoms with Gasteiger partial charge in [-0.05, 0) is 30.4 Å². The Morgan fingerprint density at radius 1 is 1.32 bits per heavy atom. The second kappa shape index (κ2) is 5.05. The van der Waals surface area contributed by atoms with Crippen molar-refractivity contribution in [2.24, 2.45) is 0 Å². The lowest BCUT2D eigenvalue weighted by molar-refractivity contribution is 0.608. The third kappa shape index (κ3) is 2.49. The van der Waals surface area contributed by atoms with Crippen molar-refractivity contribution in [1.82, 2.24) is 9.97 Å². The Hall–Kier alpha value is -1.81. The van der Waals surface area contributed by atoms with E-state index in [-0.39, 0.29) is 16.6 Å². The predicted molar refractivity (Wildman–Crippen MR) is 75.7 cm³/mol. The van der Waals surface area contributed by atoms with Crippen LogP contribution in [0.3, 0.4) is 0 Å². The fourth-order valence-corrected chi connectivity index (χ4v) is 2.66. The zero-order valence-electron chi connectivity index (χ0n) is 10.3. The maximum Gasteiger partial charge on any atom is 0.271 e. The van der Waals surface area contributed by atoms with E-state index in [4.69, 9.17) is 11.6 Å². The van der Waals surface area contributed by atoms with Crippen molar-refractivity contribution in [2.45, 2.75) is 25.3 Å². The zero-order chi connectivity index (χ0) is 13.2. The molecule has 0 saturated heterocycles. The van der Waals surface area contributed by atoms with Gasteiger partial charge >= 0.3 is 0 Å². The number of nitrogens with one attached hydrogen (secondary N) is 2. The molecule has 0 saturated carbocycles. The molecular weight excluding hydrogens is 262 g/mol. The van der Waals surface area contributed by atoms with Crippen molar-refractivity contribution in [3.05, 3.63) is 57.1 Å². The predicted octanol–water partition coefficient (Wildman–Crippen LogP) is 2.39. The fraction of sp³-hybridized carbons (Fsp3) is 0.286. The van der Waals surface area contributed by atoms with Crippen molar-refractivity contribution in [3.8, 4) is 0 Å². The minimum Gasteiger partial charge on any atom is -0.366 e. The van der Waals surface area contributed by atoms with Gasteiger partial charge in [0, 0.05) is 6.04 Å². The molecule has 98 valence electrons. The molecule has 1 aliphatic carbocycles. The summed E-state index contributed by atoms with van der Waals surface area (Å²) < 4.78 is 0. The first-order valence-electron chi connectivity index (χ1n) is 6.30. The van der Waals surface area contributed by atoms with Gasteiger partial charge < -0.3 is 10.3 Å². The van der Waals surface area contributed by atoms with Crippen molar-refractivity contribution in [3.63, 3.8) is 0 Å². The molecule has 4 nitrogen and oxygen atoms in total. The fourth-order valence-electron chi connectivity index (χ4n) is 2.50. The quantitative estimate of drug-likeness (QED) is 0.885. The Labute approximate surface area is 115 Å². The van der Waals surface area contributed by atoms with Crippen LogP contribution in [-0.4, -0.2) is 16.0 Å². The number of nitrogens with zero attached hydrogens (tertiary/aromatic N) is 1. The topological polar surface area (TPSA) is 57.8 Å². The van der Waals surface area contributed by atoms with Crippen LogP contribution in [0.4, 0.5) is 5.82 Å². The van der Waals surface area contributed by atoms with E-state index in [1.165, 1.54) is 17.5 Å². The number of hydrogen-bond acceptors (Lipinski definition) is 3. The Morgan fingerprint density at radius 3 is 2.95 bits per heavy atom. The second-order valence-electron chi connectivity index (χ2n) is 4.75. The second-order valence-corrected chi connectivity index (χ2v) is 5.12. The number of halogens is 1. The molecule has 0 spiro atoms. The van der Waals surface area contributed by atoms with E-state index in [1.807, 2.05) is 0 Å². The summed E-state index contributed by atoms with van der Waals surface area (Å²) in [7, 11) is 0. The molecule has 2 aromatic rings. The van der Waals surface area contributed by atoms with Crippen molar-refractivity contribution < 1.29 is 0 Å². The molecule has 0 aliphatic heterocycles. The minimum absolute atomic E-state index is 0.126. The highest BCUT2D eigenvalue weighted by Gasteiger charge is 2.19. The van der Waals surface area contributed by atoms with Gasteiger partial charge in [-0.25, -0.2) is 4.98 Å². The number of anilines is 1. The summed E-state index contributed by atoms with van der Waals surface area (Å²) in [6.07, 6.45) is 4.35. The van der Waals surface area contributed by atoms with Gasteiger partial charge in [-0.1, -0.05) is 35.9 Å². The average molecular weight is 276 g/mol. The molecular formula is C14H14ClN3O. The normalized spacial score (nSPS) is 17.8. The van der Waals surface area contributed by atoms with E-state index < -0.39 is 0 Å². The molecule has 0 fully saturated rings. The van der Waals surface area contributed by atoms with Gasteiger partial charge in [0.1, 0.15) is 5.02 Å². The van der Waals surface area contributed by atoms with E-state index in [0.717, 1.165) is 19.3 Å². The smallest absolute Gasteiger partial charge is 0.271 e. The van der Waals surface area contributed by atoms with Crippen LogP contribution in [0, 0.1) is 0 Å². The van der Waals surface area contributed by atoms with Crippen molar-refractivity contribution in [1.29, 1.82) is 0 Å².